The lowest BCUT2D eigenvalue weighted by Crippen LogP contribution is -2.12. The Bertz CT molecular complexity index is 1240. The van der Waals surface area contributed by atoms with Crippen molar-refractivity contribution in [2.75, 3.05) is 0 Å². The Morgan fingerprint density at radius 1 is 0.879 bits per heavy atom. The molecule has 12 heteroatoms. The number of aromatic nitrogens is 1. The van der Waals surface area contributed by atoms with Gasteiger partial charge < -0.3 is 4.52 Å². The molecular weight excluding hydrogens is 462 g/mol. The Hall–Kier alpha value is -3.57. The van der Waals surface area contributed by atoms with Gasteiger partial charge in [-0.15, -0.1) is 0 Å². The number of nitrogens with zero attached hydrogens (tertiary/aromatic N) is 3. The van der Waals surface area contributed by atoms with Crippen LogP contribution in [0.3, 0.4) is 0 Å². The van der Waals surface area contributed by atoms with Gasteiger partial charge in [-0.3, -0.25) is 4.99 Å². The predicted molar refractivity (Wildman–Crippen MR) is 101 cm³/mol. The van der Waals surface area contributed by atoms with Crippen LogP contribution in [0.5, 0.6) is 0 Å². The number of benzene rings is 2. The van der Waals surface area contributed by atoms with Gasteiger partial charge in [-0.2, -0.15) is 26.3 Å². The molecule has 172 valence electrons. The maximum Gasteiger partial charge on any atom is 0.417 e. The number of hydrogen-bond acceptors (Lipinski definition) is 4. The Labute approximate surface area is 180 Å². The van der Waals surface area contributed by atoms with Crippen LogP contribution < -0.4 is 0 Å². The van der Waals surface area contributed by atoms with E-state index in [-0.39, 0.29) is 29.8 Å². The Morgan fingerprint density at radius 3 is 2.21 bits per heavy atom. The average molecular weight is 473 g/mol. The van der Waals surface area contributed by atoms with Gasteiger partial charge in [0.05, 0.1) is 22.7 Å². The van der Waals surface area contributed by atoms with E-state index in [1.165, 1.54) is 12.3 Å². The van der Waals surface area contributed by atoms with Crippen LogP contribution in [0.1, 0.15) is 22.5 Å². The highest BCUT2D eigenvalue weighted by molar-refractivity contribution is 6.07. The molecule has 1 unspecified atom stereocenters. The molecule has 0 fully saturated rings. The van der Waals surface area contributed by atoms with Crippen LogP contribution in [0, 0.1) is 11.6 Å². The van der Waals surface area contributed by atoms with Gasteiger partial charge in [0.15, 0.2) is 5.84 Å². The van der Waals surface area contributed by atoms with Gasteiger partial charge >= 0.3 is 12.4 Å². The van der Waals surface area contributed by atoms with E-state index < -0.39 is 52.3 Å². The van der Waals surface area contributed by atoms with Crippen molar-refractivity contribution in [3.05, 3.63) is 76.5 Å². The first-order chi connectivity index (χ1) is 15.4. The molecule has 4 rings (SSSR count). The zero-order valence-corrected chi connectivity index (χ0v) is 16.2. The SMILES string of the molecule is Fc1cccc(F)c1C1=NC(Cc2cc(-c3ccc(C(F)(F)F)cc3C(F)(F)F)no2)C=N1. The quantitative estimate of drug-likeness (QED) is 0.430. The molecule has 4 nitrogen and oxygen atoms in total. The highest BCUT2D eigenvalue weighted by atomic mass is 19.4. The predicted octanol–water partition coefficient (Wildman–Crippen LogP) is 6.10. The second kappa shape index (κ2) is 8.09. The van der Waals surface area contributed by atoms with Crippen molar-refractivity contribution in [3.63, 3.8) is 0 Å². The van der Waals surface area contributed by atoms with Gasteiger partial charge in [-0.1, -0.05) is 17.3 Å². The summed E-state index contributed by atoms with van der Waals surface area (Å²) in [5.41, 5.74) is -4.32. The van der Waals surface area contributed by atoms with E-state index in [2.05, 4.69) is 15.1 Å². The number of rotatable bonds is 4. The molecule has 0 bridgehead atoms. The van der Waals surface area contributed by atoms with Crippen LogP contribution in [0.2, 0.25) is 0 Å². The first kappa shape index (κ1) is 22.6. The van der Waals surface area contributed by atoms with Crippen LogP contribution in [0.25, 0.3) is 11.3 Å². The third-order valence-corrected chi connectivity index (χ3v) is 4.74. The maximum absolute atomic E-state index is 13.9. The lowest BCUT2D eigenvalue weighted by atomic mass is 10.00. The highest BCUT2D eigenvalue weighted by Crippen LogP contribution is 2.40. The molecule has 0 saturated carbocycles. The summed E-state index contributed by atoms with van der Waals surface area (Å²) >= 11 is 0. The first-order valence-corrected chi connectivity index (χ1v) is 9.24. The third-order valence-electron chi connectivity index (χ3n) is 4.74. The molecule has 2 aromatic carbocycles. The minimum absolute atomic E-state index is 0.00678. The third kappa shape index (κ3) is 4.64. The van der Waals surface area contributed by atoms with Gasteiger partial charge in [0.25, 0.3) is 0 Å². The fourth-order valence-electron chi connectivity index (χ4n) is 3.24. The van der Waals surface area contributed by atoms with Gasteiger partial charge in [0, 0.05) is 24.3 Å². The Balaban J connectivity index is 1.60. The fourth-order valence-corrected chi connectivity index (χ4v) is 3.24. The number of alkyl halides is 6. The standard InChI is InChI=1S/C21H11F8N3O/c22-15-2-1-3-16(23)18(15)19-30-9-11(31-19)7-12-8-17(32-33-12)13-5-4-10(20(24,25)26)6-14(13)21(27,28)29/h1-6,8-9,11H,7H2. The molecule has 0 aliphatic carbocycles. The topological polar surface area (TPSA) is 50.8 Å². The van der Waals surface area contributed by atoms with Gasteiger partial charge in [0.1, 0.15) is 23.1 Å². The van der Waals surface area contributed by atoms with E-state index in [4.69, 9.17) is 4.52 Å². The lowest BCUT2D eigenvalue weighted by molar-refractivity contribution is -0.142. The molecule has 0 radical (unpaired) electrons. The van der Waals surface area contributed by atoms with Crippen molar-refractivity contribution in [1.29, 1.82) is 0 Å². The summed E-state index contributed by atoms with van der Waals surface area (Å²) in [7, 11) is 0. The number of halogens is 8. The summed E-state index contributed by atoms with van der Waals surface area (Å²) in [5, 5.41) is 3.53. The molecular formula is C21H11F8N3O. The zero-order valence-electron chi connectivity index (χ0n) is 16.2. The van der Waals surface area contributed by atoms with Crippen LogP contribution in [0.15, 0.2) is 57.0 Å². The lowest BCUT2D eigenvalue weighted by Gasteiger charge is -2.14. The molecule has 33 heavy (non-hydrogen) atoms. The van der Waals surface area contributed by atoms with Crippen molar-refractivity contribution >= 4 is 12.1 Å². The average Bonchev–Trinajstić information content (AvgIpc) is 3.36. The second-order valence-corrected chi connectivity index (χ2v) is 7.03. The van der Waals surface area contributed by atoms with E-state index in [0.29, 0.717) is 12.1 Å². The number of hydrogen-bond donors (Lipinski definition) is 0. The van der Waals surface area contributed by atoms with Crippen LogP contribution >= 0.6 is 0 Å². The molecule has 1 aromatic heterocycles. The molecule has 0 spiro atoms. The molecule has 0 N–H and O–H groups in total. The van der Waals surface area contributed by atoms with E-state index >= 15 is 0 Å². The summed E-state index contributed by atoms with van der Waals surface area (Å²) in [6.07, 6.45) is -8.81. The molecule has 1 aliphatic heterocycles. The molecule has 1 atom stereocenters. The smallest absolute Gasteiger partial charge is 0.361 e. The van der Waals surface area contributed by atoms with E-state index in [1.807, 2.05) is 0 Å². The van der Waals surface area contributed by atoms with Gasteiger partial charge in [-0.25, -0.2) is 13.8 Å². The van der Waals surface area contributed by atoms with E-state index in [9.17, 15) is 35.1 Å². The molecule has 0 saturated heterocycles. The van der Waals surface area contributed by atoms with E-state index in [0.717, 1.165) is 18.2 Å². The monoisotopic (exact) mass is 473 g/mol. The minimum Gasteiger partial charge on any atom is -0.361 e. The molecule has 0 amide bonds. The van der Waals surface area contributed by atoms with Crippen LogP contribution in [-0.2, 0) is 18.8 Å². The Kier molecular flexibility index (Phi) is 5.54. The molecule has 2 heterocycles. The van der Waals surface area contributed by atoms with Crippen molar-refractivity contribution < 1.29 is 39.6 Å². The normalized spacial score (nSPS) is 16.4. The Morgan fingerprint density at radius 2 is 1.58 bits per heavy atom. The number of amidine groups is 1. The summed E-state index contributed by atoms with van der Waals surface area (Å²) in [5.74, 6) is -1.88. The number of aliphatic imine (C=N–C) groups is 2. The fraction of sp³-hybridized carbons (Fsp3) is 0.190. The van der Waals surface area contributed by atoms with Crippen molar-refractivity contribution in [2.24, 2.45) is 9.98 Å². The highest BCUT2D eigenvalue weighted by Gasteiger charge is 2.39. The van der Waals surface area contributed by atoms with Gasteiger partial charge in [-0.05, 0) is 24.3 Å². The molecule has 3 aromatic rings. The maximum atomic E-state index is 13.9. The van der Waals surface area contributed by atoms with E-state index in [1.54, 1.807) is 0 Å². The zero-order chi connectivity index (χ0) is 24.0. The van der Waals surface area contributed by atoms with Gasteiger partial charge in [0.2, 0.25) is 0 Å². The minimum atomic E-state index is -5.07. The van der Waals surface area contributed by atoms with Crippen molar-refractivity contribution in [2.45, 2.75) is 24.8 Å². The van der Waals surface area contributed by atoms with Crippen LogP contribution in [0.4, 0.5) is 35.1 Å². The van der Waals surface area contributed by atoms with Crippen molar-refractivity contribution in [1.82, 2.24) is 5.16 Å². The largest absolute Gasteiger partial charge is 0.417 e. The molecule has 1 aliphatic rings. The second-order valence-electron chi connectivity index (χ2n) is 7.03. The first-order valence-electron chi connectivity index (χ1n) is 9.24. The summed E-state index contributed by atoms with van der Waals surface area (Å²) in [4.78, 5) is 7.95. The van der Waals surface area contributed by atoms with Crippen LogP contribution in [-0.4, -0.2) is 23.2 Å². The summed E-state index contributed by atoms with van der Waals surface area (Å²) in [6.45, 7) is 0. The summed E-state index contributed by atoms with van der Waals surface area (Å²) < 4.78 is 112. The van der Waals surface area contributed by atoms with Crippen molar-refractivity contribution in [3.8, 4) is 11.3 Å². The summed E-state index contributed by atoms with van der Waals surface area (Å²) in [6, 6.07) is 4.83.